The highest BCUT2D eigenvalue weighted by Crippen LogP contribution is 2.29. The van der Waals surface area contributed by atoms with Crippen molar-refractivity contribution in [1.82, 2.24) is 4.90 Å². The van der Waals surface area contributed by atoms with Crippen molar-refractivity contribution in [3.63, 3.8) is 0 Å². The number of methoxy groups -OCH3 is 1. The van der Waals surface area contributed by atoms with Gasteiger partial charge in [-0.25, -0.2) is 0 Å². The predicted octanol–water partition coefficient (Wildman–Crippen LogP) is 2.79. The van der Waals surface area contributed by atoms with Crippen LogP contribution >= 0.6 is 0 Å². The van der Waals surface area contributed by atoms with Crippen molar-refractivity contribution < 1.29 is 14.3 Å². The van der Waals surface area contributed by atoms with E-state index in [4.69, 9.17) is 26.7 Å². The molecule has 8 N–H and O–H groups in total. The minimum Gasteiger partial charge on any atom is -0.497 e. The van der Waals surface area contributed by atoms with Gasteiger partial charge in [-0.1, -0.05) is 18.7 Å². The van der Waals surface area contributed by atoms with Crippen LogP contribution in [-0.4, -0.2) is 57.3 Å². The lowest BCUT2D eigenvalue weighted by atomic mass is 10.0. The van der Waals surface area contributed by atoms with E-state index in [2.05, 4.69) is 22.1 Å². The Kier molecular flexibility index (Phi) is 8.99. The molecule has 1 saturated heterocycles. The average molecular weight is 481 g/mol. The van der Waals surface area contributed by atoms with Crippen LogP contribution in [0, 0.1) is 6.92 Å². The number of nitrogens with zero attached hydrogens (tertiary/aromatic N) is 1. The molecule has 9 heteroatoms. The molecule has 35 heavy (non-hydrogen) atoms. The van der Waals surface area contributed by atoms with Crippen LogP contribution in [0.2, 0.25) is 0 Å². The highest BCUT2D eigenvalue weighted by atomic mass is 16.5. The van der Waals surface area contributed by atoms with E-state index in [1.807, 2.05) is 37.3 Å². The maximum Gasteiger partial charge on any atom is 0.248 e. The second-order valence-electron chi connectivity index (χ2n) is 8.47. The van der Waals surface area contributed by atoms with Crippen LogP contribution in [0.25, 0.3) is 5.76 Å². The monoisotopic (exact) mass is 480 g/mol. The molecule has 2 aromatic rings. The number of hydrogen-bond donors (Lipinski definition) is 5. The Balaban J connectivity index is 1.62. The molecule has 2 aromatic carbocycles. The highest BCUT2D eigenvalue weighted by molar-refractivity contribution is 5.95. The topological polar surface area (TPSA) is 141 Å². The smallest absolute Gasteiger partial charge is 0.248 e. The number of nitrogens with one attached hydrogen (secondary N) is 2. The van der Waals surface area contributed by atoms with Crippen LogP contribution in [0.1, 0.15) is 27.0 Å². The number of nitrogen functional groups attached to an aromatic ring is 2. The fourth-order valence-electron chi connectivity index (χ4n) is 4.03. The van der Waals surface area contributed by atoms with E-state index in [9.17, 15) is 4.79 Å². The Morgan fingerprint density at radius 3 is 2.26 bits per heavy atom. The third-order valence-electron chi connectivity index (χ3n) is 5.93. The molecule has 0 atom stereocenters. The van der Waals surface area contributed by atoms with Crippen molar-refractivity contribution in [1.29, 1.82) is 0 Å². The van der Waals surface area contributed by atoms with Gasteiger partial charge < -0.3 is 37.3 Å². The molecular weight excluding hydrogens is 444 g/mol. The molecule has 1 aliphatic rings. The number of morpholine rings is 1. The summed E-state index contributed by atoms with van der Waals surface area (Å²) in [5.74, 6) is 0.0834. The van der Waals surface area contributed by atoms with Crippen molar-refractivity contribution >= 4 is 34.4 Å². The van der Waals surface area contributed by atoms with Gasteiger partial charge >= 0.3 is 0 Å². The Morgan fingerprint density at radius 1 is 1.06 bits per heavy atom. The van der Waals surface area contributed by atoms with Gasteiger partial charge in [-0.3, -0.25) is 9.69 Å². The van der Waals surface area contributed by atoms with Crippen molar-refractivity contribution in [2.75, 3.05) is 68.6 Å². The minimum atomic E-state index is -0.494. The van der Waals surface area contributed by atoms with E-state index in [1.165, 1.54) is 0 Å². The number of carbonyl (C=O) groups excluding carboxylic acids is 1. The summed E-state index contributed by atoms with van der Waals surface area (Å²) in [6, 6.07) is 7.27. The zero-order valence-corrected chi connectivity index (χ0v) is 20.5. The van der Waals surface area contributed by atoms with Crippen LogP contribution in [0.15, 0.2) is 43.0 Å². The predicted molar refractivity (Wildman–Crippen MR) is 143 cm³/mol. The lowest BCUT2D eigenvalue weighted by Gasteiger charge is -2.28. The van der Waals surface area contributed by atoms with Crippen LogP contribution in [0.5, 0.6) is 0 Å². The number of aryl methyl sites for hydroxylation is 1. The molecule has 0 spiro atoms. The van der Waals surface area contributed by atoms with Crippen LogP contribution in [0.3, 0.4) is 0 Å². The molecule has 1 fully saturated rings. The van der Waals surface area contributed by atoms with Gasteiger partial charge in [0.05, 0.1) is 43.1 Å². The van der Waals surface area contributed by atoms with E-state index in [1.54, 1.807) is 13.2 Å². The Bertz CT molecular complexity index is 1070. The van der Waals surface area contributed by atoms with E-state index in [0.29, 0.717) is 55.5 Å². The zero-order chi connectivity index (χ0) is 25.4. The van der Waals surface area contributed by atoms with Gasteiger partial charge in [-0.05, 0) is 42.3 Å². The van der Waals surface area contributed by atoms with Crippen LogP contribution in [-0.2, 0) is 16.0 Å². The number of rotatable bonds is 11. The minimum absolute atomic E-state index is 0.407. The molecule has 1 amide bonds. The van der Waals surface area contributed by atoms with Gasteiger partial charge in [0, 0.05) is 43.9 Å². The van der Waals surface area contributed by atoms with Gasteiger partial charge in [0.2, 0.25) is 5.91 Å². The largest absolute Gasteiger partial charge is 0.497 e. The van der Waals surface area contributed by atoms with Crippen LogP contribution < -0.4 is 27.8 Å². The average Bonchev–Trinajstić information content (AvgIpc) is 2.83. The third kappa shape index (κ3) is 6.91. The maximum absolute atomic E-state index is 11.7. The molecule has 188 valence electrons. The molecule has 3 rings (SSSR count). The number of benzene rings is 2. The molecular formula is C26H36N6O3. The van der Waals surface area contributed by atoms with Crippen molar-refractivity contribution in [2.24, 2.45) is 5.73 Å². The first-order chi connectivity index (χ1) is 16.8. The van der Waals surface area contributed by atoms with Crippen LogP contribution in [0.4, 0.5) is 22.7 Å². The summed E-state index contributed by atoms with van der Waals surface area (Å²) in [7, 11) is 1.59. The van der Waals surface area contributed by atoms with Gasteiger partial charge in [0.1, 0.15) is 5.76 Å². The molecule has 0 aliphatic carbocycles. The molecule has 0 bridgehead atoms. The van der Waals surface area contributed by atoms with Crippen molar-refractivity contribution in [3.05, 3.63) is 65.3 Å². The maximum atomic E-state index is 11.7. The van der Waals surface area contributed by atoms with Gasteiger partial charge in [-0.15, -0.1) is 0 Å². The molecule has 0 radical (unpaired) electrons. The highest BCUT2D eigenvalue weighted by Gasteiger charge is 2.16. The molecule has 9 nitrogen and oxygen atoms in total. The molecule has 0 saturated carbocycles. The van der Waals surface area contributed by atoms with Crippen molar-refractivity contribution in [2.45, 2.75) is 13.5 Å². The lowest BCUT2D eigenvalue weighted by molar-refractivity contribution is 0.0342. The molecule has 0 unspecified atom stereocenters. The summed E-state index contributed by atoms with van der Waals surface area (Å²) in [5, 5.41) is 6.74. The van der Waals surface area contributed by atoms with Gasteiger partial charge in [-0.2, -0.15) is 0 Å². The summed E-state index contributed by atoms with van der Waals surface area (Å²) < 4.78 is 10.6. The van der Waals surface area contributed by atoms with E-state index < -0.39 is 5.91 Å². The normalized spacial score (nSPS) is 14.1. The second kappa shape index (κ2) is 12.1. The Hall–Kier alpha value is -3.69. The fourth-order valence-corrected chi connectivity index (χ4v) is 4.03. The fraction of sp³-hybridized carbons (Fsp3) is 0.346. The number of primary amides is 1. The quantitative estimate of drug-likeness (QED) is 0.188. The van der Waals surface area contributed by atoms with Gasteiger partial charge in [0.15, 0.2) is 0 Å². The Labute approximate surface area is 206 Å². The standard InChI is InChI=1S/C26H36N6O3/c1-17-12-19(18(2)34-3)14-22(27)24(17)30-6-4-5-7-31-25-21(16-32-8-10-35-11-9-32)13-20(26(29)33)15-23(25)28/h4-5,12-15,30-31H,2,6-11,16,27-28H2,1,3H3,(H2,29,33)/b5-4+. The summed E-state index contributed by atoms with van der Waals surface area (Å²) in [4.78, 5) is 14.0. The SMILES string of the molecule is C=C(OC)c1cc(C)c(NC/C=C/CNc2c(N)cc(C(N)=O)cc2CN2CCOCC2)c(N)c1. The zero-order valence-electron chi connectivity index (χ0n) is 20.5. The summed E-state index contributed by atoms with van der Waals surface area (Å²) in [5.41, 5.74) is 24.1. The number of carbonyl (C=O) groups is 1. The summed E-state index contributed by atoms with van der Waals surface area (Å²) in [6.07, 6.45) is 4.03. The number of amides is 1. The molecule has 1 aliphatic heterocycles. The van der Waals surface area contributed by atoms with Crippen molar-refractivity contribution in [3.8, 4) is 0 Å². The number of ether oxygens (including phenoxy) is 2. The number of nitrogens with two attached hydrogens (primary N) is 3. The van der Waals surface area contributed by atoms with E-state index >= 15 is 0 Å². The third-order valence-corrected chi connectivity index (χ3v) is 5.93. The summed E-state index contributed by atoms with van der Waals surface area (Å²) in [6.45, 7) is 10.7. The molecule has 1 heterocycles. The lowest BCUT2D eigenvalue weighted by Crippen LogP contribution is -2.36. The first-order valence-electron chi connectivity index (χ1n) is 11.6. The van der Waals surface area contributed by atoms with Gasteiger partial charge in [0.25, 0.3) is 0 Å². The first-order valence-corrected chi connectivity index (χ1v) is 11.6. The number of anilines is 4. The Morgan fingerprint density at radius 2 is 1.66 bits per heavy atom. The van der Waals surface area contributed by atoms with E-state index in [0.717, 1.165) is 41.2 Å². The first kappa shape index (κ1) is 25.9. The number of hydrogen-bond acceptors (Lipinski definition) is 8. The van der Waals surface area contributed by atoms with E-state index in [-0.39, 0.29) is 0 Å². The molecule has 0 aromatic heterocycles. The second-order valence-corrected chi connectivity index (χ2v) is 8.47. The summed E-state index contributed by atoms with van der Waals surface area (Å²) >= 11 is 0.